The minimum atomic E-state index is -4.66. The first kappa shape index (κ1) is 29.2. The van der Waals surface area contributed by atoms with Crippen LogP contribution in [0.4, 0.5) is 13.2 Å². The highest BCUT2D eigenvalue weighted by Gasteiger charge is 2.39. The Bertz CT molecular complexity index is 2120. The zero-order valence-corrected chi connectivity index (χ0v) is 23.9. The van der Waals surface area contributed by atoms with E-state index in [1.165, 1.54) is 18.6 Å². The lowest BCUT2D eigenvalue weighted by Crippen LogP contribution is -2.32. The van der Waals surface area contributed by atoms with Gasteiger partial charge in [0.05, 0.1) is 35.0 Å². The van der Waals surface area contributed by atoms with E-state index >= 15 is 0 Å². The highest BCUT2D eigenvalue weighted by atomic mass is 19.4. The quantitative estimate of drug-likeness (QED) is 0.266. The van der Waals surface area contributed by atoms with Gasteiger partial charge in [-0.2, -0.15) is 28.8 Å². The predicted molar refractivity (Wildman–Crippen MR) is 157 cm³/mol. The Kier molecular flexibility index (Phi) is 7.15. The number of hydrogen-bond donors (Lipinski definition) is 1. The second kappa shape index (κ2) is 11.0. The van der Waals surface area contributed by atoms with E-state index in [0.717, 1.165) is 23.5 Å². The molecule has 0 bridgehead atoms. The van der Waals surface area contributed by atoms with E-state index in [0.29, 0.717) is 22.0 Å². The Balaban J connectivity index is 1.53. The number of pyridine rings is 2. The molecule has 1 atom stereocenters. The standard InChI is InChI=1S/C33H23F3N8O/c1-20-12-23(32(45,30-18-39-19-43(30)2)22-6-9-29(40-17-22)33(34,35)36)14-26-27(15-37)25(28(16-38)42-31(20)26)13-21-4-7-24(8-5-21)44-11-3-10-41-44/h3-12,14,17-19,45H,13H2,1-2H3/t32-/m1/s1. The summed E-state index contributed by atoms with van der Waals surface area (Å²) >= 11 is 0. The van der Waals surface area contributed by atoms with Gasteiger partial charge in [0.25, 0.3) is 0 Å². The van der Waals surface area contributed by atoms with E-state index in [1.54, 1.807) is 41.5 Å². The summed E-state index contributed by atoms with van der Waals surface area (Å²) in [5, 5.41) is 37.5. The van der Waals surface area contributed by atoms with Crippen LogP contribution in [-0.4, -0.2) is 34.4 Å². The van der Waals surface area contributed by atoms with Crippen LogP contribution >= 0.6 is 0 Å². The van der Waals surface area contributed by atoms with Crippen molar-refractivity contribution in [1.82, 2.24) is 29.3 Å². The monoisotopic (exact) mass is 604 g/mol. The van der Waals surface area contributed by atoms with E-state index in [4.69, 9.17) is 0 Å². The number of nitriles is 2. The average Bonchev–Trinajstić information content (AvgIpc) is 3.73. The molecule has 0 spiro atoms. The first-order valence-electron chi connectivity index (χ1n) is 13.6. The molecule has 0 aliphatic heterocycles. The molecule has 6 rings (SSSR count). The summed E-state index contributed by atoms with van der Waals surface area (Å²) in [6.07, 6.45) is 2.91. The largest absolute Gasteiger partial charge is 0.433 e. The molecule has 0 saturated heterocycles. The van der Waals surface area contributed by atoms with Crippen molar-refractivity contribution in [2.45, 2.75) is 25.1 Å². The van der Waals surface area contributed by atoms with E-state index in [-0.39, 0.29) is 34.5 Å². The maximum atomic E-state index is 13.3. The molecule has 45 heavy (non-hydrogen) atoms. The summed E-state index contributed by atoms with van der Waals surface area (Å²) in [4.78, 5) is 12.3. The molecule has 0 unspecified atom stereocenters. The van der Waals surface area contributed by atoms with Gasteiger partial charge in [-0.15, -0.1) is 0 Å². The third-order valence-electron chi connectivity index (χ3n) is 7.76. The lowest BCUT2D eigenvalue weighted by molar-refractivity contribution is -0.141. The molecule has 0 radical (unpaired) electrons. The van der Waals surface area contributed by atoms with Crippen LogP contribution in [0.25, 0.3) is 16.6 Å². The number of nitrogens with zero attached hydrogens (tertiary/aromatic N) is 8. The number of imidazole rings is 1. The fourth-order valence-electron chi connectivity index (χ4n) is 5.52. The molecule has 9 nitrogen and oxygen atoms in total. The molecule has 4 aromatic heterocycles. The van der Waals surface area contributed by atoms with Gasteiger partial charge in [-0.05, 0) is 53.9 Å². The number of aromatic nitrogens is 6. The molecule has 1 N–H and O–H groups in total. The third kappa shape index (κ3) is 5.07. The maximum Gasteiger partial charge on any atom is 0.433 e. The van der Waals surface area contributed by atoms with Crippen LogP contribution in [0.2, 0.25) is 0 Å². The lowest BCUT2D eigenvalue weighted by Gasteiger charge is -2.30. The molecular weight excluding hydrogens is 581 g/mol. The number of benzene rings is 2. The van der Waals surface area contributed by atoms with Crippen molar-refractivity contribution in [3.05, 3.63) is 136 Å². The number of hydrogen-bond acceptors (Lipinski definition) is 7. The number of halogens is 3. The van der Waals surface area contributed by atoms with Gasteiger partial charge in [-0.1, -0.05) is 24.3 Å². The molecule has 0 aliphatic rings. The average molecular weight is 605 g/mol. The van der Waals surface area contributed by atoms with Crippen LogP contribution in [0.1, 0.15) is 50.5 Å². The van der Waals surface area contributed by atoms with Crippen molar-refractivity contribution in [2.24, 2.45) is 7.05 Å². The van der Waals surface area contributed by atoms with Crippen molar-refractivity contribution in [3.63, 3.8) is 0 Å². The molecule has 0 aliphatic carbocycles. The molecule has 222 valence electrons. The smallest absolute Gasteiger partial charge is 0.374 e. The zero-order chi connectivity index (χ0) is 31.9. The van der Waals surface area contributed by atoms with Gasteiger partial charge < -0.3 is 9.67 Å². The van der Waals surface area contributed by atoms with E-state index in [9.17, 15) is 28.8 Å². The van der Waals surface area contributed by atoms with Crippen LogP contribution < -0.4 is 0 Å². The zero-order valence-electron chi connectivity index (χ0n) is 23.9. The first-order chi connectivity index (χ1) is 21.5. The summed E-state index contributed by atoms with van der Waals surface area (Å²) in [6.45, 7) is 1.73. The molecular formula is C33H23F3N8O. The fourth-order valence-corrected chi connectivity index (χ4v) is 5.52. The van der Waals surface area contributed by atoms with E-state index in [2.05, 4.69) is 32.2 Å². The van der Waals surface area contributed by atoms with Gasteiger partial charge >= 0.3 is 6.18 Å². The molecule has 4 heterocycles. The van der Waals surface area contributed by atoms with Crippen LogP contribution in [-0.2, 0) is 25.2 Å². The predicted octanol–water partition coefficient (Wildman–Crippen LogP) is 5.49. The number of fused-ring (bicyclic) bond motifs is 1. The Morgan fingerprint density at radius 1 is 0.978 bits per heavy atom. The summed E-state index contributed by atoms with van der Waals surface area (Å²) in [7, 11) is 1.65. The molecule has 12 heteroatoms. The van der Waals surface area contributed by atoms with Crippen molar-refractivity contribution in [1.29, 1.82) is 10.5 Å². The topological polar surface area (TPSA) is 129 Å². The fraction of sp³-hybridized carbons (Fsp3) is 0.152. The van der Waals surface area contributed by atoms with Gasteiger partial charge in [0.2, 0.25) is 0 Å². The molecule has 0 saturated carbocycles. The normalized spacial score (nSPS) is 12.9. The highest BCUT2D eigenvalue weighted by Crippen LogP contribution is 2.40. The molecule has 2 aromatic carbocycles. The molecule has 0 amide bonds. The lowest BCUT2D eigenvalue weighted by atomic mass is 9.82. The number of rotatable bonds is 6. The number of alkyl halides is 3. The summed E-state index contributed by atoms with van der Waals surface area (Å²) in [5.41, 5.74) is 0.802. The minimum Gasteiger partial charge on any atom is -0.374 e. The van der Waals surface area contributed by atoms with Crippen LogP contribution in [0.15, 0.2) is 85.7 Å². The van der Waals surface area contributed by atoms with Crippen LogP contribution in [0.3, 0.4) is 0 Å². The van der Waals surface area contributed by atoms with Crippen molar-refractivity contribution in [3.8, 4) is 17.8 Å². The van der Waals surface area contributed by atoms with Crippen molar-refractivity contribution < 1.29 is 18.3 Å². The second-order valence-electron chi connectivity index (χ2n) is 10.6. The van der Waals surface area contributed by atoms with Gasteiger partial charge in [-0.3, -0.25) is 4.98 Å². The molecule has 6 aromatic rings. The second-order valence-corrected chi connectivity index (χ2v) is 10.6. The van der Waals surface area contributed by atoms with Gasteiger partial charge in [0.1, 0.15) is 23.5 Å². The Morgan fingerprint density at radius 3 is 2.33 bits per heavy atom. The van der Waals surface area contributed by atoms with E-state index in [1.807, 2.05) is 36.5 Å². The third-order valence-corrected chi connectivity index (χ3v) is 7.76. The SMILES string of the molecule is Cc1cc([C@](O)(c2ccc(C(F)(F)F)nc2)c2cncn2C)cc2c(C#N)c(Cc3ccc(-n4cccn4)cc3)c(C#N)nc12. The Hall–Kier alpha value is -5.85. The van der Waals surface area contributed by atoms with Crippen LogP contribution in [0, 0.1) is 29.6 Å². The minimum absolute atomic E-state index is 0.0652. The molecule has 0 fully saturated rings. The summed E-state index contributed by atoms with van der Waals surface area (Å²) in [5.74, 6) is 0. The van der Waals surface area contributed by atoms with Crippen molar-refractivity contribution >= 4 is 10.9 Å². The first-order valence-corrected chi connectivity index (χ1v) is 13.6. The Labute approximate surface area is 255 Å². The number of aliphatic hydroxyl groups is 1. The summed E-state index contributed by atoms with van der Waals surface area (Å²) < 4.78 is 43.2. The van der Waals surface area contributed by atoms with E-state index < -0.39 is 17.5 Å². The van der Waals surface area contributed by atoms with Gasteiger partial charge in [0.15, 0.2) is 5.60 Å². The summed E-state index contributed by atoms with van der Waals surface area (Å²) in [6, 6.07) is 18.9. The number of aryl methyl sites for hydroxylation is 2. The van der Waals surface area contributed by atoms with Gasteiger partial charge in [-0.25, -0.2) is 14.6 Å². The van der Waals surface area contributed by atoms with Crippen LogP contribution in [0.5, 0.6) is 0 Å². The van der Waals surface area contributed by atoms with Crippen molar-refractivity contribution in [2.75, 3.05) is 0 Å². The Morgan fingerprint density at radius 2 is 1.76 bits per heavy atom. The highest BCUT2D eigenvalue weighted by molar-refractivity contribution is 5.90. The van der Waals surface area contributed by atoms with Gasteiger partial charge in [0, 0.05) is 48.6 Å². The maximum absolute atomic E-state index is 13.3.